The van der Waals surface area contributed by atoms with Gasteiger partial charge in [0.15, 0.2) is 5.78 Å². The van der Waals surface area contributed by atoms with E-state index in [1.54, 1.807) is 7.11 Å². The van der Waals surface area contributed by atoms with Crippen LogP contribution in [-0.2, 0) is 14.3 Å². The molecule has 35 heavy (non-hydrogen) atoms. The average Bonchev–Trinajstić information content (AvgIpc) is 2.88. The summed E-state index contributed by atoms with van der Waals surface area (Å²) in [5.41, 5.74) is 4.94. The molecule has 2 aromatic rings. The van der Waals surface area contributed by atoms with Crippen LogP contribution in [0.1, 0.15) is 74.8 Å². The van der Waals surface area contributed by atoms with Gasteiger partial charge < -0.3 is 14.8 Å². The predicted molar refractivity (Wildman–Crippen MR) is 135 cm³/mol. The van der Waals surface area contributed by atoms with E-state index in [2.05, 4.69) is 17.4 Å². The molecule has 0 radical (unpaired) electrons. The summed E-state index contributed by atoms with van der Waals surface area (Å²) >= 11 is 0. The smallest absolute Gasteiger partial charge is 0.337 e. The van der Waals surface area contributed by atoms with Gasteiger partial charge in [-0.25, -0.2) is 4.79 Å². The number of dihydropyridines is 1. The van der Waals surface area contributed by atoms with Crippen molar-refractivity contribution in [3.05, 3.63) is 88.3 Å². The number of Topliss-reactive ketones (excluding diaryl/α,β-unsaturated/α-hetero) is 1. The van der Waals surface area contributed by atoms with E-state index in [0.717, 1.165) is 54.6 Å². The fraction of sp³-hybridized carbons (Fsp3) is 0.400. The van der Waals surface area contributed by atoms with Crippen molar-refractivity contribution >= 4 is 11.8 Å². The molecule has 0 amide bonds. The van der Waals surface area contributed by atoms with Gasteiger partial charge in [0, 0.05) is 29.3 Å². The number of nitrogens with one attached hydrogen (secondary N) is 1. The molecular formula is C30H33NO4. The van der Waals surface area contributed by atoms with Crippen LogP contribution in [0.4, 0.5) is 0 Å². The van der Waals surface area contributed by atoms with Crippen LogP contribution >= 0.6 is 0 Å². The van der Waals surface area contributed by atoms with Gasteiger partial charge in [-0.15, -0.1) is 0 Å². The van der Waals surface area contributed by atoms with Gasteiger partial charge in [0.25, 0.3) is 0 Å². The number of carbonyl (C=O) groups excluding carboxylic acids is 2. The van der Waals surface area contributed by atoms with Crippen LogP contribution in [0.5, 0.6) is 5.75 Å². The molecule has 0 bridgehead atoms. The highest BCUT2D eigenvalue weighted by Crippen LogP contribution is 2.46. The minimum absolute atomic E-state index is 0.0533. The Morgan fingerprint density at radius 3 is 2.43 bits per heavy atom. The summed E-state index contributed by atoms with van der Waals surface area (Å²) in [4.78, 5) is 27.3. The van der Waals surface area contributed by atoms with Crippen molar-refractivity contribution in [2.75, 3.05) is 7.11 Å². The van der Waals surface area contributed by atoms with Gasteiger partial charge in [-0.05, 0) is 68.2 Å². The third kappa shape index (κ3) is 4.77. The lowest BCUT2D eigenvalue weighted by molar-refractivity contribution is -0.146. The second kappa shape index (κ2) is 10.1. The zero-order chi connectivity index (χ0) is 24.4. The van der Waals surface area contributed by atoms with E-state index in [1.165, 1.54) is 6.42 Å². The number of allylic oxidation sites excluding steroid dienone is 3. The normalized spacial score (nSPS) is 23.0. The van der Waals surface area contributed by atoms with E-state index < -0.39 is 5.92 Å². The summed E-state index contributed by atoms with van der Waals surface area (Å²) in [6, 6.07) is 17.9. The molecule has 0 spiro atoms. The lowest BCUT2D eigenvalue weighted by Crippen LogP contribution is -2.37. The molecule has 5 nitrogen and oxygen atoms in total. The third-order valence-corrected chi connectivity index (χ3v) is 7.57. The van der Waals surface area contributed by atoms with Gasteiger partial charge >= 0.3 is 5.97 Å². The average molecular weight is 472 g/mol. The van der Waals surface area contributed by atoms with E-state index in [0.29, 0.717) is 23.3 Å². The molecule has 1 N–H and O–H groups in total. The zero-order valence-corrected chi connectivity index (χ0v) is 20.5. The molecule has 5 rings (SSSR count). The molecule has 182 valence electrons. The topological polar surface area (TPSA) is 64.6 Å². The van der Waals surface area contributed by atoms with E-state index in [1.807, 2.05) is 49.4 Å². The molecule has 1 saturated carbocycles. The van der Waals surface area contributed by atoms with Crippen LogP contribution in [0.2, 0.25) is 0 Å². The highest BCUT2D eigenvalue weighted by Gasteiger charge is 2.42. The summed E-state index contributed by atoms with van der Waals surface area (Å²) in [7, 11) is 1.63. The number of carbonyl (C=O) groups is 2. The Labute approximate surface area is 207 Å². The van der Waals surface area contributed by atoms with Crippen molar-refractivity contribution in [1.82, 2.24) is 5.32 Å². The molecule has 0 aromatic heterocycles. The second-order valence-corrected chi connectivity index (χ2v) is 9.87. The largest absolute Gasteiger partial charge is 0.497 e. The number of ketones is 1. The van der Waals surface area contributed by atoms with Crippen molar-refractivity contribution in [2.45, 2.75) is 69.8 Å². The van der Waals surface area contributed by atoms with Gasteiger partial charge in [0.2, 0.25) is 0 Å². The highest BCUT2D eigenvalue weighted by molar-refractivity contribution is 6.04. The molecule has 2 atom stereocenters. The molecule has 1 aliphatic heterocycles. The molecule has 1 heterocycles. The van der Waals surface area contributed by atoms with Gasteiger partial charge in [0.05, 0.1) is 12.7 Å². The molecule has 2 aromatic carbocycles. The first-order chi connectivity index (χ1) is 17.0. The number of ether oxygens (including phenoxy) is 2. The maximum Gasteiger partial charge on any atom is 0.337 e. The SMILES string of the molecule is COc1cccc([C@H]2C(C(=O)OC3CCCCC3)=C(C)NC3=C2C(=O)C[C@@H](c2ccccc2)C3)c1. The maximum absolute atomic E-state index is 13.7. The summed E-state index contributed by atoms with van der Waals surface area (Å²) in [5.74, 6) is 0.104. The van der Waals surface area contributed by atoms with Crippen LogP contribution in [0, 0.1) is 0 Å². The number of esters is 1. The maximum atomic E-state index is 13.7. The Morgan fingerprint density at radius 2 is 1.69 bits per heavy atom. The van der Waals surface area contributed by atoms with Gasteiger partial charge in [-0.1, -0.05) is 48.9 Å². The monoisotopic (exact) mass is 471 g/mol. The van der Waals surface area contributed by atoms with Crippen LogP contribution in [-0.4, -0.2) is 25.0 Å². The molecule has 2 aliphatic carbocycles. The summed E-state index contributed by atoms with van der Waals surface area (Å²) in [5, 5.41) is 3.45. The third-order valence-electron chi connectivity index (χ3n) is 7.57. The number of methoxy groups -OCH3 is 1. The first-order valence-corrected chi connectivity index (χ1v) is 12.7. The Balaban J connectivity index is 1.54. The fourth-order valence-electron chi connectivity index (χ4n) is 5.82. The Kier molecular flexibility index (Phi) is 6.76. The minimum Gasteiger partial charge on any atom is -0.497 e. The van der Waals surface area contributed by atoms with E-state index in [4.69, 9.17) is 9.47 Å². The van der Waals surface area contributed by atoms with Crippen LogP contribution in [0.25, 0.3) is 0 Å². The van der Waals surface area contributed by atoms with E-state index in [-0.39, 0.29) is 23.8 Å². The Bertz CT molecular complexity index is 1170. The molecular weight excluding hydrogens is 438 g/mol. The first kappa shape index (κ1) is 23.4. The molecule has 5 heteroatoms. The second-order valence-electron chi connectivity index (χ2n) is 9.87. The van der Waals surface area contributed by atoms with Crippen molar-refractivity contribution in [2.24, 2.45) is 0 Å². The first-order valence-electron chi connectivity index (χ1n) is 12.7. The molecule has 3 aliphatic rings. The molecule has 0 unspecified atom stereocenters. The number of hydrogen-bond donors (Lipinski definition) is 1. The number of hydrogen-bond acceptors (Lipinski definition) is 5. The van der Waals surface area contributed by atoms with Gasteiger partial charge in [0.1, 0.15) is 11.9 Å². The molecule has 1 fully saturated rings. The lowest BCUT2D eigenvalue weighted by atomic mass is 9.71. The van der Waals surface area contributed by atoms with Crippen molar-refractivity contribution in [3.8, 4) is 5.75 Å². The van der Waals surface area contributed by atoms with E-state index >= 15 is 0 Å². The number of rotatable bonds is 5. The standard InChI is InChI=1S/C30H33NO4/c1-19-27(30(33)35-23-13-7-4-8-14-23)28(21-12-9-15-24(16-21)34-2)29-25(31-19)17-22(18-26(29)32)20-10-5-3-6-11-20/h3,5-6,9-12,15-16,22-23,28,31H,4,7-8,13-14,17-18H2,1-2H3/t22-,28-/m0/s1. The van der Waals surface area contributed by atoms with Crippen LogP contribution in [0.3, 0.4) is 0 Å². The summed E-state index contributed by atoms with van der Waals surface area (Å²) < 4.78 is 11.5. The van der Waals surface area contributed by atoms with Crippen molar-refractivity contribution in [1.29, 1.82) is 0 Å². The summed E-state index contributed by atoms with van der Waals surface area (Å²) in [6.45, 7) is 1.92. The summed E-state index contributed by atoms with van der Waals surface area (Å²) in [6.07, 6.45) is 6.27. The lowest BCUT2D eigenvalue weighted by Gasteiger charge is -2.37. The highest BCUT2D eigenvalue weighted by atomic mass is 16.5. The quantitative estimate of drug-likeness (QED) is 0.548. The minimum atomic E-state index is -0.471. The molecule has 0 saturated heterocycles. The van der Waals surface area contributed by atoms with Gasteiger partial charge in [-0.3, -0.25) is 4.79 Å². The van der Waals surface area contributed by atoms with E-state index in [9.17, 15) is 9.59 Å². The predicted octanol–water partition coefficient (Wildman–Crippen LogP) is 5.93. The fourth-order valence-corrected chi connectivity index (χ4v) is 5.82. The zero-order valence-electron chi connectivity index (χ0n) is 20.5. The Hall–Kier alpha value is -3.34. The van der Waals surface area contributed by atoms with Crippen molar-refractivity contribution in [3.63, 3.8) is 0 Å². The van der Waals surface area contributed by atoms with Crippen LogP contribution in [0.15, 0.2) is 77.1 Å². The Morgan fingerprint density at radius 1 is 0.943 bits per heavy atom. The number of benzene rings is 2. The van der Waals surface area contributed by atoms with Gasteiger partial charge in [-0.2, -0.15) is 0 Å². The van der Waals surface area contributed by atoms with Crippen LogP contribution < -0.4 is 10.1 Å². The van der Waals surface area contributed by atoms with Crippen molar-refractivity contribution < 1.29 is 19.1 Å².